The minimum absolute atomic E-state index is 0.127. The highest BCUT2D eigenvalue weighted by Gasteiger charge is 2.46. The van der Waals surface area contributed by atoms with E-state index in [1.165, 1.54) is 13.8 Å². The maximum absolute atomic E-state index is 12.7. The lowest BCUT2D eigenvalue weighted by atomic mass is 10.0. The Kier molecular flexibility index (Phi) is 5.09. The van der Waals surface area contributed by atoms with Gasteiger partial charge in [0.15, 0.2) is 15.6 Å². The zero-order chi connectivity index (χ0) is 18.2. The molecule has 0 amide bonds. The Labute approximate surface area is 139 Å². The van der Waals surface area contributed by atoms with Gasteiger partial charge in [-0.15, -0.1) is 0 Å². The van der Waals surface area contributed by atoms with Crippen LogP contribution in [0.5, 0.6) is 0 Å². The van der Waals surface area contributed by atoms with E-state index in [1.54, 1.807) is 0 Å². The van der Waals surface area contributed by atoms with Crippen LogP contribution in [-0.2, 0) is 27.2 Å². The van der Waals surface area contributed by atoms with E-state index in [0.29, 0.717) is 19.0 Å². The Balaban J connectivity index is 2.16. The Morgan fingerprint density at radius 3 is 2.25 bits per heavy atom. The first kappa shape index (κ1) is 18.9. The highest BCUT2D eigenvalue weighted by Crippen LogP contribution is 2.33. The molecule has 4 nitrogen and oxygen atoms in total. The molecule has 1 aliphatic rings. The van der Waals surface area contributed by atoms with E-state index in [1.807, 2.05) is 0 Å². The normalized spacial score (nSPS) is 17.2. The first-order valence-corrected chi connectivity index (χ1v) is 9.30. The van der Waals surface area contributed by atoms with Crippen molar-refractivity contribution >= 4 is 15.6 Å². The third-order valence-corrected chi connectivity index (χ3v) is 7.62. The van der Waals surface area contributed by atoms with Crippen molar-refractivity contribution in [2.24, 2.45) is 0 Å². The zero-order valence-corrected chi connectivity index (χ0v) is 14.4. The Morgan fingerprint density at radius 1 is 1.21 bits per heavy atom. The predicted molar refractivity (Wildman–Crippen MR) is 83.2 cm³/mol. The highest BCUT2D eigenvalue weighted by atomic mass is 32.2. The molecule has 0 atom stereocenters. The molecule has 0 unspecified atom stereocenters. The average molecular weight is 363 g/mol. The summed E-state index contributed by atoms with van der Waals surface area (Å²) in [7, 11) is -3.65. The topological polar surface area (TPSA) is 64.1 Å². The maximum Gasteiger partial charge on any atom is 0.417 e. The number of ketones is 1. The molecule has 1 saturated carbocycles. The van der Waals surface area contributed by atoms with Crippen molar-refractivity contribution in [2.45, 2.75) is 62.1 Å². The molecule has 8 heteroatoms. The molecule has 0 N–H and O–H groups in total. The van der Waals surface area contributed by atoms with Crippen molar-refractivity contribution < 1.29 is 26.4 Å². The maximum atomic E-state index is 12.7. The van der Waals surface area contributed by atoms with Gasteiger partial charge < -0.3 is 0 Å². The van der Waals surface area contributed by atoms with E-state index < -0.39 is 37.4 Å². The van der Waals surface area contributed by atoms with Gasteiger partial charge >= 0.3 is 6.18 Å². The van der Waals surface area contributed by atoms with E-state index in [9.17, 15) is 26.4 Å². The van der Waals surface area contributed by atoms with Gasteiger partial charge in [-0.05, 0) is 38.8 Å². The standard InChI is InChI=1S/C16H20F3NO3S/c1-15(2,24(22,23)13-5-3-4-6-13)14(21)9-12-8-7-11(10-20-12)16(17,18)19/h7-8,10,13H,3-6,9H2,1-2H3. The number of sulfone groups is 1. The minimum Gasteiger partial charge on any atom is -0.298 e. The van der Waals surface area contributed by atoms with Gasteiger partial charge in [-0.3, -0.25) is 9.78 Å². The van der Waals surface area contributed by atoms with Gasteiger partial charge in [0.25, 0.3) is 0 Å². The number of halogens is 3. The fourth-order valence-electron chi connectivity index (χ4n) is 2.85. The Hall–Kier alpha value is -1.44. The van der Waals surface area contributed by atoms with Crippen LogP contribution in [0.4, 0.5) is 13.2 Å². The van der Waals surface area contributed by atoms with Gasteiger partial charge in [0.2, 0.25) is 0 Å². The first-order chi connectivity index (χ1) is 11.0. The summed E-state index contributed by atoms with van der Waals surface area (Å²) >= 11 is 0. The molecule has 0 aliphatic heterocycles. The molecule has 1 aromatic rings. The van der Waals surface area contributed by atoms with Crippen LogP contribution in [0, 0.1) is 0 Å². The minimum atomic E-state index is -4.50. The smallest absolute Gasteiger partial charge is 0.298 e. The van der Waals surface area contributed by atoms with Gasteiger partial charge in [-0.2, -0.15) is 13.2 Å². The first-order valence-electron chi connectivity index (χ1n) is 7.75. The highest BCUT2D eigenvalue weighted by molar-refractivity contribution is 7.94. The molecule has 1 heterocycles. The summed E-state index contributed by atoms with van der Waals surface area (Å²) < 4.78 is 61.3. The lowest BCUT2D eigenvalue weighted by Crippen LogP contribution is -2.46. The molecule has 0 radical (unpaired) electrons. The molecule has 0 saturated heterocycles. The molecular weight excluding hydrogens is 343 g/mol. The Morgan fingerprint density at radius 2 is 1.79 bits per heavy atom. The number of aromatic nitrogens is 1. The van der Waals surface area contributed by atoms with Crippen LogP contribution in [-0.4, -0.2) is 29.2 Å². The van der Waals surface area contributed by atoms with Gasteiger partial charge in [0.05, 0.1) is 17.2 Å². The number of alkyl halides is 3. The molecule has 24 heavy (non-hydrogen) atoms. The van der Waals surface area contributed by atoms with Crippen molar-refractivity contribution in [3.8, 4) is 0 Å². The number of nitrogens with zero attached hydrogens (tertiary/aromatic N) is 1. The average Bonchev–Trinajstić information content (AvgIpc) is 3.01. The van der Waals surface area contributed by atoms with Crippen LogP contribution in [0.15, 0.2) is 18.3 Å². The third kappa shape index (κ3) is 3.63. The van der Waals surface area contributed by atoms with Crippen LogP contribution in [0.1, 0.15) is 50.8 Å². The molecule has 1 aromatic heterocycles. The number of pyridine rings is 1. The number of Topliss-reactive ketones (excluding diaryl/α,β-unsaturated/α-hetero) is 1. The summed E-state index contributed by atoms with van der Waals surface area (Å²) in [6, 6.07) is 1.95. The van der Waals surface area contributed by atoms with E-state index >= 15 is 0 Å². The van der Waals surface area contributed by atoms with Crippen LogP contribution in [0.3, 0.4) is 0 Å². The summed E-state index contributed by atoms with van der Waals surface area (Å²) in [4.78, 5) is 16.1. The second-order valence-electron chi connectivity index (χ2n) is 6.60. The van der Waals surface area contributed by atoms with E-state index in [-0.39, 0.29) is 12.1 Å². The molecule has 1 fully saturated rings. The number of hydrogen-bond acceptors (Lipinski definition) is 4. The van der Waals surface area contributed by atoms with Gasteiger partial charge in [0.1, 0.15) is 4.75 Å². The number of rotatable bonds is 5. The lowest BCUT2D eigenvalue weighted by molar-refractivity contribution is -0.137. The summed E-state index contributed by atoms with van der Waals surface area (Å²) in [5, 5.41) is -0.517. The monoisotopic (exact) mass is 363 g/mol. The predicted octanol–water partition coefficient (Wildman–Crippen LogP) is 3.35. The van der Waals surface area contributed by atoms with E-state index in [4.69, 9.17) is 0 Å². The fourth-order valence-corrected chi connectivity index (χ4v) is 5.02. The molecule has 2 rings (SSSR count). The van der Waals surface area contributed by atoms with Gasteiger partial charge in [-0.1, -0.05) is 12.8 Å². The van der Waals surface area contributed by atoms with Crippen LogP contribution >= 0.6 is 0 Å². The van der Waals surface area contributed by atoms with Gasteiger partial charge in [0, 0.05) is 11.9 Å². The number of hydrogen-bond donors (Lipinski definition) is 0. The second-order valence-corrected chi connectivity index (χ2v) is 9.38. The van der Waals surface area contributed by atoms with Crippen molar-refractivity contribution in [1.29, 1.82) is 0 Å². The van der Waals surface area contributed by atoms with Crippen molar-refractivity contribution in [2.75, 3.05) is 0 Å². The summed E-state index contributed by atoms with van der Waals surface area (Å²) in [5.41, 5.74) is -0.778. The molecule has 0 aromatic carbocycles. The molecular formula is C16H20F3NO3S. The summed E-state index contributed by atoms with van der Waals surface area (Å²) in [6.45, 7) is 2.74. The fraction of sp³-hybridized carbons (Fsp3) is 0.625. The summed E-state index contributed by atoms with van der Waals surface area (Å²) in [6.07, 6.45) is -1.39. The summed E-state index contributed by atoms with van der Waals surface area (Å²) in [5.74, 6) is -0.554. The Bertz CT molecular complexity index is 703. The quantitative estimate of drug-likeness (QED) is 0.805. The number of carbonyl (C=O) groups is 1. The molecule has 0 spiro atoms. The van der Waals surface area contributed by atoms with Crippen molar-refractivity contribution in [3.63, 3.8) is 0 Å². The zero-order valence-electron chi connectivity index (χ0n) is 13.6. The largest absolute Gasteiger partial charge is 0.417 e. The van der Waals surface area contributed by atoms with E-state index in [0.717, 1.165) is 25.0 Å². The molecule has 134 valence electrons. The lowest BCUT2D eigenvalue weighted by Gasteiger charge is -2.27. The molecule has 1 aliphatic carbocycles. The van der Waals surface area contributed by atoms with Gasteiger partial charge in [-0.25, -0.2) is 8.42 Å². The van der Waals surface area contributed by atoms with Crippen LogP contribution < -0.4 is 0 Å². The molecule has 0 bridgehead atoms. The third-order valence-electron chi connectivity index (χ3n) is 4.62. The SMILES string of the molecule is CC(C)(C(=O)Cc1ccc(C(F)(F)F)cn1)S(=O)(=O)C1CCCC1. The van der Waals surface area contributed by atoms with Crippen LogP contribution in [0.2, 0.25) is 0 Å². The van der Waals surface area contributed by atoms with Crippen molar-refractivity contribution in [3.05, 3.63) is 29.6 Å². The second kappa shape index (κ2) is 6.46. The van der Waals surface area contributed by atoms with E-state index in [2.05, 4.69) is 4.98 Å². The van der Waals surface area contributed by atoms with Crippen LogP contribution in [0.25, 0.3) is 0 Å². The number of carbonyl (C=O) groups excluding carboxylic acids is 1. The van der Waals surface area contributed by atoms with Crippen molar-refractivity contribution in [1.82, 2.24) is 4.98 Å².